The van der Waals surface area contributed by atoms with Gasteiger partial charge in [0.15, 0.2) is 0 Å². The minimum Gasteiger partial charge on any atom is -0.469 e. The normalized spacial score (nSPS) is 11.9. The predicted molar refractivity (Wildman–Crippen MR) is 81.4 cm³/mol. The van der Waals surface area contributed by atoms with Crippen molar-refractivity contribution < 1.29 is 9.53 Å². The zero-order chi connectivity index (χ0) is 14.5. The van der Waals surface area contributed by atoms with Crippen LogP contribution in [0.15, 0.2) is 48.5 Å². The summed E-state index contributed by atoms with van der Waals surface area (Å²) in [6.45, 7) is 0. The van der Waals surface area contributed by atoms with Crippen LogP contribution in [0.25, 0.3) is 0 Å². The van der Waals surface area contributed by atoms with Crippen molar-refractivity contribution in [3.05, 3.63) is 69.7 Å². The van der Waals surface area contributed by atoms with E-state index in [9.17, 15) is 4.79 Å². The lowest BCUT2D eigenvalue weighted by Gasteiger charge is -2.17. The van der Waals surface area contributed by atoms with E-state index in [0.717, 1.165) is 11.1 Å². The molecule has 1 unspecified atom stereocenters. The van der Waals surface area contributed by atoms with E-state index in [-0.39, 0.29) is 5.97 Å². The molecule has 0 spiro atoms. The molecule has 2 nitrogen and oxygen atoms in total. The predicted octanol–water partition coefficient (Wildman–Crippen LogP) is 4.49. The number of benzene rings is 2. The fraction of sp³-hybridized carbons (Fsp3) is 0.188. The zero-order valence-corrected chi connectivity index (χ0v) is 12.5. The lowest BCUT2D eigenvalue weighted by atomic mass is 9.92. The van der Waals surface area contributed by atoms with Crippen molar-refractivity contribution in [2.24, 2.45) is 0 Å². The Kier molecular flexibility index (Phi) is 5.05. The minimum atomic E-state index is -0.464. The molecular formula is C16H14Cl2O2. The first kappa shape index (κ1) is 14.9. The first-order valence-electron chi connectivity index (χ1n) is 6.19. The number of ether oxygens (including phenoxy) is 1. The second kappa shape index (κ2) is 6.78. The number of methoxy groups -OCH3 is 1. The first-order chi connectivity index (χ1) is 9.63. The van der Waals surface area contributed by atoms with E-state index in [4.69, 9.17) is 27.9 Å². The van der Waals surface area contributed by atoms with Crippen molar-refractivity contribution in [1.82, 2.24) is 0 Å². The third kappa shape index (κ3) is 3.33. The van der Waals surface area contributed by atoms with Gasteiger partial charge < -0.3 is 4.74 Å². The molecule has 0 saturated carbocycles. The Bertz CT molecular complexity index is 611. The Morgan fingerprint density at radius 3 is 2.25 bits per heavy atom. The summed E-state index contributed by atoms with van der Waals surface area (Å²) in [5.74, 6) is -0.786. The van der Waals surface area contributed by atoms with Gasteiger partial charge in [0, 0.05) is 10.0 Å². The smallest absolute Gasteiger partial charge is 0.313 e. The molecule has 0 fully saturated rings. The molecule has 2 aromatic rings. The molecular weight excluding hydrogens is 295 g/mol. The molecule has 104 valence electrons. The monoisotopic (exact) mass is 308 g/mol. The van der Waals surface area contributed by atoms with Crippen molar-refractivity contribution in [1.29, 1.82) is 0 Å². The van der Waals surface area contributed by atoms with Crippen LogP contribution in [0, 0.1) is 0 Å². The first-order valence-corrected chi connectivity index (χ1v) is 6.94. The summed E-state index contributed by atoms with van der Waals surface area (Å²) < 4.78 is 4.89. The Morgan fingerprint density at radius 2 is 1.65 bits per heavy atom. The van der Waals surface area contributed by atoms with Crippen LogP contribution in [-0.2, 0) is 16.0 Å². The number of hydrogen-bond donors (Lipinski definition) is 0. The molecule has 0 aliphatic heterocycles. The lowest BCUT2D eigenvalue weighted by Crippen LogP contribution is -2.17. The van der Waals surface area contributed by atoms with Crippen LogP contribution in [0.3, 0.4) is 0 Å². The average Bonchev–Trinajstić information content (AvgIpc) is 2.47. The van der Waals surface area contributed by atoms with E-state index in [2.05, 4.69) is 0 Å². The number of carbonyl (C=O) groups excluding carboxylic acids is 1. The molecule has 2 aromatic carbocycles. The molecule has 0 bridgehead atoms. The van der Waals surface area contributed by atoms with Crippen LogP contribution in [0.2, 0.25) is 10.0 Å². The number of rotatable bonds is 4. The van der Waals surface area contributed by atoms with Crippen molar-refractivity contribution >= 4 is 29.2 Å². The Hall–Kier alpha value is -1.51. The van der Waals surface area contributed by atoms with Gasteiger partial charge in [0.25, 0.3) is 0 Å². The highest BCUT2D eigenvalue weighted by Crippen LogP contribution is 2.30. The second-order valence-corrected chi connectivity index (χ2v) is 5.21. The fourth-order valence-corrected chi connectivity index (χ4v) is 2.58. The highest BCUT2D eigenvalue weighted by molar-refractivity contribution is 6.32. The quantitative estimate of drug-likeness (QED) is 0.778. The summed E-state index contributed by atoms with van der Waals surface area (Å²) in [6, 6.07) is 14.7. The molecule has 20 heavy (non-hydrogen) atoms. The summed E-state index contributed by atoms with van der Waals surface area (Å²) in [4.78, 5) is 12.1. The van der Waals surface area contributed by atoms with Crippen LogP contribution >= 0.6 is 23.2 Å². The molecule has 0 aromatic heterocycles. The number of esters is 1. The van der Waals surface area contributed by atoms with Gasteiger partial charge in [-0.25, -0.2) is 0 Å². The van der Waals surface area contributed by atoms with Gasteiger partial charge in [-0.1, -0.05) is 59.6 Å². The number of halogens is 2. The SMILES string of the molecule is COC(=O)C(Cc1ccccc1Cl)c1ccccc1Cl. The van der Waals surface area contributed by atoms with Gasteiger partial charge in [-0.2, -0.15) is 0 Å². The van der Waals surface area contributed by atoms with E-state index in [1.165, 1.54) is 7.11 Å². The lowest BCUT2D eigenvalue weighted by molar-refractivity contribution is -0.142. The molecule has 4 heteroatoms. The van der Waals surface area contributed by atoms with Crippen molar-refractivity contribution in [3.63, 3.8) is 0 Å². The highest BCUT2D eigenvalue weighted by Gasteiger charge is 2.24. The number of hydrogen-bond acceptors (Lipinski definition) is 2. The zero-order valence-electron chi connectivity index (χ0n) is 11.0. The van der Waals surface area contributed by atoms with Gasteiger partial charge in [0.2, 0.25) is 0 Å². The van der Waals surface area contributed by atoms with Crippen LogP contribution < -0.4 is 0 Å². The van der Waals surface area contributed by atoms with Gasteiger partial charge in [0.1, 0.15) is 0 Å². The van der Waals surface area contributed by atoms with Gasteiger partial charge in [-0.15, -0.1) is 0 Å². The van der Waals surface area contributed by atoms with E-state index in [1.54, 1.807) is 12.1 Å². The molecule has 0 aliphatic carbocycles. The molecule has 1 atom stereocenters. The summed E-state index contributed by atoms with van der Waals surface area (Å²) in [7, 11) is 1.37. The Morgan fingerprint density at radius 1 is 1.05 bits per heavy atom. The van der Waals surface area contributed by atoms with Crippen molar-refractivity contribution in [2.75, 3.05) is 7.11 Å². The van der Waals surface area contributed by atoms with E-state index < -0.39 is 5.92 Å². The summed E-state index contributed by atoms with van der Waals surface area (Å²) in [5.41, 5.74) is 1.64. The van der Waals surface area contributed by atoms with Gasteiger partial charge in [-0.3, -0.25) is 4.79 Å². The Balaban J connectivity index is 2.37. The fourth-order valence-electron chi connectivity index (χ4n) is 2.10. The van der Waals surface area contributed by atoms with Crippen molar-refractivity contribution in [3.8, 4) is 0 Å². The van der Waals surface area contributed by atoms with E-state index >= 15 is 0 Å². The average molecular weight is 309 g/mol. The van der Waals surface area contributed by atoms with Crippen molar-refractivity contribution in [2.45, 2.75) is 12.3 Å². The summed E-state index contributed by atoms with van der Waals surface area (Å²) in [5, 5.41) is 1.18. The summed E-state index contributed by atoms with van der Waals surface area (Å²) >= 11 is 12.3. The minimum absolute atomic E-state index is 0.321. The molecule has 0 saturated heterocycles. The Labute approximate surface area is 128 Å². The molecule has 0 radical (unpaired) electrons. The number of carbonyl (C=O) groups is 1. The van der Waals surface area contributed by atoms with Gasteiger partial charge >= 0.3 is 5.97 Å². The maximum atomic E-state index is 12.1. The topological polar surface area (TPSA) is 26.3 Å². The molecule has 0 amide bonds. The third-order valence-electron chi connectivity index (χ3n) is 3.15. The van der Waals surface area contributed by atoms with Crippen LogP contribution in [0.5, 0.6) is 0 Å². The maximum absolute atomic E-state index is 12.1. The highest BCUT2D eigenvalue weighted by atomic mass is 35.5. The van der Waals surface area contributed by atoms with Gasteiger partial charge in [-0.05, 0) is 29.7 Å². The largest absolute Gasteiger partial charge is 0.469 e. The van der Waals surface area contributed by atoms with Crippen LogP contribution in [-0.4, -0.2) is 13.1 Å². The van der Waals surface area contributed by atoms with E-state index in [0.29, 0.717) is 16.5 Å². The standard InChI is InChI=1S/C16H14Cl2O2/c1-20-16(19)13(12-7-3-5-9-15(12)18)10-11-6-2-4-8-14(11)17/h2-9,13H,10H2,1H3. The van der Waals surface area contributed by atoms with E-state index in [1.807, 2.05) is 36.4 Å². The molecule has 0 N–H and O–H groups in total. The summed E-state index contributed by atoms with van der Waals surface area (Å²) in [6.07, 6.45) is 0.454. The molecule has 0 aliphatic rings. The molecule has 2 rings (SSSR count). The maximum Gasteiger partial charge on any atom is 0.313 e. The second-order valence-electron chi connectivity index (χ2n) is 4.39. The van der Waals surface area contributed by atoms with Gasteiger partial charge in [0.05, 0.1) is 13.0 Å². The third-order valence-corrected chi connectivity index (χ3v) is 3.86. The molecule has 0 heterocycles. The van der Waals surface area contributed by atoms with Crippen LogP contribution in [0.4, 0.5) is 0 Å². The van der Waals surface area contributed by atoms with Crippen LogP contribution in [0.1, 0.15) is 17.0 Å².